The zero-order chi connectivity index (χ0) is 27.1. The van der Waals surface area contributed by atoms with Gasteiger partial charge >= 0.3 is 0 Å². The molecular weight excluding hydrogens is 508 g/mol. The van der Waals surface area contributed by atoms with E-state index in [1.165, 1.54) is 9.87 Å². The molecule has 0 saturated carbocycles. The summed E-state index contributed by atoms with van der Waals surface area (Å²) in [4.78, 5) is 21.4. The minimum Gasteiger partial charge on any atom is -0.497 e. The summed E-state index contributed by atoms with van der Waals surface area (Å²) >= 11 is 0. The first-order valence-corrected chi connectivity index (χ1v) is 14.4. The molecule has 3 heterocycles. The summed E-state index contributed by atoms with van der Waals surface area (Å²) in [5.74, 6) is 0.539. The van der Waals surface area contributed by atoms with Crippen molar-refractivity contribution in [2.24, 2.45) is 0 Å². The zero-order valence-electron chi connectivity index (χ0n) is 22.5. The number of hydrogen-bond donors (Lipinski definition) is 0. The molecule has 2 aliphatic heterocycles. The number of carbonyl (C=O) groups is 1. The molecule has 0 N–H and O–H groups in total. The lowest BCUT2D eigenvalue weighted by Crippen LogP contribution is -2.51. The number of methoxy groups -OCH3 is 1. The van der Waals surface area contributed by atoms with Gasteiger partial charge in [-0.1, -0.05) is 0 Å². The molecule has 0 spiro atoms. The number of aromatic nitrogens is 1. The highest BCUT2D eigenvalue weighted by molar-refractivity contribution is 7.89. The average molecular weight is 547 g/mol. The maximum Gasteiger partial charge on any atom is 0.248 e. The van der Waals surface area contributed by atoms with Crippen LogP contribution in [0.25, 0.3) is 0 Å². The largest absolute Gasteiger partial charge is 0.497 e. The van der Waals surface area contributed by atoms with E-state index in [9.17, 15) is 13.2 Å². The van der Waals surface area contributed by atoms with Gasteiger partial charge in [-0.15, -0.1) is 0 Å². The second-order valence-corrected chi connectivity index (χ2v) is 11.6. The second kappa shape index (κ2) is 13.0. The molecule has 2 aliphatic rings. The number of ether oxygens (including phenoxy) is 3. The molecule has 10 nitrogen and oxygen atoms in total. The molecule has 2 saturated heterocycles. The van der Waals surface area contributed by atoms with Gasteiger partial charge in [0.05, 0.1) is 37.9 Å². The number of morpholine rings is 1. The third kappa shape index (κ3) is 6.89. The molecule has 0 bridgehead atoms. The first-order chi connectivity index (χ1) is 18.3. The maximum absolute atomic E-state index is 13.7. The van der Waals surface area contributed by atoms with E-state index in [0.29, 0.717) is 36.6 Å². The fraction of sp³-hybridized carbons (Fsp3) is 0.556. The van der Waals surface area contributed by atoms with Crippen molar-refractivity contribution in [3.63, 3.8) is 0 Å². The van der Waals surface area contributed by atoms with Gasteiger partial charge in [-0.25, -0.2) is 8.42 Å². The van der Waals surface area contributed by atoms with E-state index in [-0.39, 0.29) is 37.2 Å². The molecule has 208 valence electrons. The highest BCUT2D eigenvalue weighted by atomic mass is 32.2. The zero-order valence-corrected chi connectivity index (χ0v) is 23.3. The third-order valence-electron chi connectivity index (χ3n) is 7.04. The van der Waals surface area contributed by atoms with Gasteiger partial charge in [-0.3, -0.25) is 14.7 Å². The monoisotopic (exact) mass is 546 g/mol. The lowest BCUT2D eigenvalue weighted by Gasteiger charge is -2.35. The number of carbonyl (C=O) groups excluding carboxylic acids is 1. The van der Waals surface area contributed by atoms with Crippen LogP contribution in [0.1, 0.15) is 23.1 Å². The molecule has 0 aliphatic carbocycles. The first kappa shape index (κ1) is 28.4. The number of amides is 1. The fourth-order valence-corrected chi connectivity index (χ4v) is 7.13. The summed E-state index contributed by atoms with van der Waals surface area (Å²) in [5, 5.41) is 0. The summed E-state index contributed by atoms with van der Waals surface area (Å²) in [6.45, 7) is 8.15. The number of rotatable bonds is 9. The van der Waals surface area contributed by atoms with Gasteiger partial charge in [0.25, 0.3) is 0 Å². The smallest absolute Gasteiger partial charge is 0.248 e. The molecular formula is C27H38N4O6S. The average Bonchev–Trinajstić information content (AvgIpc) is 3.14. The summed E-state index contributed by atoms with van der Waals surface area (Å²) in [6, 6.07) is 6.96. The molecule has 0 unspecified atom stereocenters. The molecule has 1 aromatic carbocycles. The van der Waals surface area contributed by atoms with Gasteiger partial charge < -0.3 is 19.1 Å². The van der Waals surface area contributed by atoms with Gasteiger partial charge in [0.1, 0.15) is 12.4 Å². The second-order valence-electron chi connectivity index (χ2n) is 9.82. The molecule has 4 rings (SSSR count). The maximum atomic E-state index is 13.7. The molecule has 2 aromatic rings. The first-order valence-electron chi connectivity index (χ1n) is 13.0. The Morgan fingerprint density at radius 1 is 1.08 bits per heavy atom. The van der Waals surface area contributed by atoms with E-state index in [1.807, 2.05) is 17.0 Å². The number of pyridine rings is 1. The quantitative estimate of drug-likeness (QED) is 0.470. The van der Waals surface area contributed by atoms with Crippen molar-refractivity contribution in [1.29, 1.82) is 0 Å². The van der Waals surface area contributed by atoms with Gasteiger partial charge in [0.15, 0.2) is 0 Å². The van der Waals surface area contributed by atoms with Gasteiger partial charge in [-0.05, 0) is 61.2 Å². The minimum atomic E-state index is -3.79. The van der Waals surface area contributed by atoms with E-state index in [2.05, 4.69) is 9.88 Å². The molecule has 38 heavy (non-hydrogen) atoms. The summed E-state index contributed by atoms with van der Waals surface area (Å²) < 4.78 is 45.5. The Balaban J connectivity index is 1.32. The number of aryl methyl sites for hydroxylation is 2. The van der Waals surface area contributed by atoms with Crippen LogP contribution >= 0.6 is 0 Å². The Morgan fingerprint density at radius 3 is 2.53 bits per heavy atom. The predicted octanol–water partition coefficient (Wildman–Crippen LogP) is 1.85. The minimum absolute atomic E-state index is 0.0799. The summed E-state index contributed by atoms with van der Waals surface area (Å²) in [7, 11) is -2.23. The molecule has 1 atom stereocenters. The Hall–Kier alpha value is -2.57. The third-order valence-corrected chi connectivity index (χ3v) is 9.30. The van der Waals surface area contributed by atoms with E-state index in [4.69, 9.17) is 14.2 Å². The molecule has 0 radical (unpaired) electrons. The fourth-order valence-electron chi connectivity index (χ4n) is 5.14. The predicted molar refractivity (Wildman–Crippen MR) is 142 cm³/mol. The SMILES string of the molecule is COc1cc(C)c(S(=O)(=O)N2CCOC[C@H]2COCC(=O)N2CCCN(Cc3ccncc3)CC2)c(C)c1. The highest BCUT2D eigenvalue weighted by Gasteiger charge is 2.36. The van der Waals surface area contributed by atoms with Crippen LogP contribution in [0.3, 0.4) is 0 Å². The molecule has 1 aromatic heterocycles. The van der Waals surface area contributed by atoms with Gasteiger partial charge in [-0.2, -0.15) is 4.31 Å². The summed E-state index contributed by atoms with van der Waals surface area (Å²) in [6.07, 6.45) is 4.48. The van der Waals surface area contributed by atoms with Crippen molar-refractivity contribution >= 4 is 15.9 Å². The van der Waals surface area contributed by atoms with Gasteiger partial charge in [0.2, 0.25) is 15.9 Å². The standard InChI is InChI=1S/C27H38N4O6S/c1-21-15-25(35-3)16-22(2)27(21)38(33,34)31-13-14-36-18-24(31)19-37-20-26(32)30-10-4-9-29(11-12-30)17-23-5-7-28-8-6-23/h5-8,15-16,24H,4,9-14,17-20H2,1-3H3/t24-/m0/s1. The van der Waals surface area contributed by atoms with Crippen LogP contribution in [0, 0.1) is 13.8 Å². The van der Waals surface area contributed by atoms with Crippen molar-refractivity contribution in [1.82, 2.24) is 19.1 Å². The van der Waals surface area contributed by atoms with Crippen LogP contribution in [0.4, 0.5) is 0 Å². The van der Waals surface area contributed by atoms with Crippen molar-refractivity contribution in [2.75, 3.05) is 66.3 Å². The highest BCUT2D eigenvalue weighted by Crippen LogP contribution is 2.30. The Kier molecular flexibility index (Phi) is 9.72. The van der Waals surface area contributed by atoms with E-state index in [0.717, 1.165) is 26.1 Å². The number of sulfonamides is 1. The number of hydrogen-bond acceptors (Lipinski definition) is 8. The normalized spacial score (nSPS) is 19.8. The molecule has 2 fully saturated rings. The van der Waals surface area contributed by atoms with Crippen molar-refractivity contribution < 1.29 is 27.4 Å². The van der Waals surface area contributed by atoms with E-state index >= 15 is 0 Å². The van der Waals surface area contributed by atoms with Crippen LogP contribution in [-0.2, 0) is 30.8 Å². The van der Waals surface area contributed by atoms with Crippen molar-refractivity contribution in [3.8, 4) is 5.75 Å². The van der Waals surface area contributed by atoms with Crippen LogP contribution in [-0.4, -0.2) is 106 Å². The van der Waals surface area contributed by atoms with Crippen molar-refractivity contribution in [2.45, 2.75) is 37.8 Å². The van der Waals surface area contributed by atoms with Crippen LogP contribution in [0.5, 0.6) is 5.75 Å². The van der Waals surface area contributed by atoms with E-state index < -0.39 is 16.1 Å². The van der Waals surface area contributed by atoms with Crippen molar-refractivity contribution in [3.05, 3.63) is 53.3 Å². The summed E-state index contributed by atoms with van der Waals surface area (Å²) in [5.41, 5.74) is 2.46. The molecule has 1 amide bonds. The van der Waals surface area contributed by atoms with Crippen LogP contribution in [0.15, 0.2) is 41.6 Å². The van der Waals surface area contributed by atoms with Crippen LogP contribution < -0.4 is 4.74 Å². The van der Waals surface area contributed by atoms with E-state index in [1.54, 1.807) is 45.5 Å². The van der Waals surface area contributed by atoms with Gasteiger partial charge in [0, 0.05) is 51.7 Å². The Bertz CT molecular complexity index is 1170. The Labute approximate surface area is 225 Å². The van der Waals surface area contributed by atoms with Crippen LogP contribution in [0.2, 0.25) is 0 Å². The number of nitrogens with zero attached hydrogens (tertiary/aromatic N) is 4. The lowest BCUT2D eigenvalue weighted by molar-refractivity contribution is -0.137. The topological polar surface area (TPSA) is 102 Å². The lowest BCUT2D eigenvalue weighted by atomic mass is 10.1. The molecule has 11 heteroatoms. The Morgan fingerprint density at radius 2 is 1.82 bits per heavy atom. The number of benzene rings is 1.